The van der Waals surface area contributed by atoms with E-state index in [0.717, 1.165) is 24.2 Å². The zero-order valence-electron chi connectivity index (χ0n) is 10.9. The number of hydrogen-bond acceptors (Lipinski definition) is 5. The van der Waals surface area contributed by atoms with Gasteiger partial charge in [0.25, 0.3) is 17.6 Å². The van der Waals surface area contributed by atoms with Gasteiger partial charge in [0, 0.05) is 18.0 Å². The summed E-state index contributed by atoms with van der Waals surface area (Å²) in [6.07, 6.45) is 1.27. The third-order valence-electron chi connectivity index (χ3n) is 3.08. The molecule has 0 saturated carbocycles. The molecule has 3 rings (SSSR count). The molecule has 1 atom stereocenters. The Hall–Kier alpha value is -2.02. The van der Waals surface area contributed by atoms with E-state index >= 15 is 0 Å². The molecule has 0 bridgehead atoms. The molecule has 3 heterocycles. The van der Waals surface area contributed by atoms with E-state index in [0.29, 0.717) is 12.4 Å². The van der Waals surface area contributed by atoms with Crippen molar-refractivity contribution in [2.45, 2.75) is 32.8 Å². The number of ether oxygens (including phenoxy) is 1. The Labute approximate surface area is 110 Å². The number of nitrogens with one attached hydrogen (secondary N) is 1. The van der Waals surface area contributed by atoms with Gasteiger partial charge in [-0.1, -0.05) is 0 Å². The lowest BCUT2D eigenvalue weighted by molar-refractivity contribution is -0.124. The minimum absolute atomic E-state index is 0.192. The number of fused-ring (bicyclic) bond motifs is 1. The van der Waals surface area contributed by atoms with Crippen LogP contribution in [0.15, 0.2) is 6.07 Å². The molecule has 1 amide bonds. The van der Waals surface area contributed by atoms with Gasteiger partial charge in [-0.15, -0.1) is 5.10 Å². The predicted molar refractivity (Wildman–Crippen MR) is 67.9 cm³/mol. The number of nitrogens with zero attached hydrogens (tertiary/aromatic N) is 4. The Kier molecular flexibility index (Phi) is 2.90. The number of hydrogen-bond donors (Lipinski definition) is 1. The number of carbonyl (C=O) groups is 1. The molecule has 0 spiro atoms. The lowest BCUT2D eigenvalue weighted by Gasteiger charge is -2.06. The summed E-state index contributed by atoms with van der Waals surface area (Å²) in [6, 6.07) is 1.91. The minimum Gasteiger partial charge on any atom is -0.368 e. The molecule has 1 aliphatic heterocycles. The molecule has 7 heteroatoms. The smallest absolute Gasteiger partial charge is 0.255 e. The van der Waals surface area contributed by atoms with Gasteiger partial charge in [-0.3, -0.25) is 10.1 Å². The molecule has 100 valence electrons. The molecule has 1 N–H and O–H groups in total. The zero-order valence-corrected chi connectivity index (χ0v) is 10.9. The van der Waals surface area contributed by atoms with Crippen molar-refractivity contribution >= 4 is 17.6 Å². The van der Waals surface area contributed by atoms with E-state index < -0.39 is 0 Å². The molecule has 1 unspecified atom stereocenters. The molecule has 7 nitrogen and oxygen atoms in total. The van der Waals surface area contributed by atoms with Crippen molar-refractivity contribution in [3.8, 4) is 0 Å². The van der Waals surface area contributed by atoms with E-state index in [1.165, 1.54) is 0 Å². The predicted octanol–water partition coefficient (Wildman–Crippen LogP) is 0.859. The van der Waals surface area contributed by atoms with E-state index in [1.54, 1.807) is 4.52 Å². The lowest BCUT2D eigenvalue weighted by atomic mass is 10.2. The van der Waals surface area contributed by atoms with Crippen LogP contribution in [-0.4, -0.2) is 38.2 Å². The van der Waals surface area contributed by atoms with Gasteiger partial charge >= 0.3 is 0 Å². The molecular weight excluding hydrogens is 246 g/mol. The number of aromatic nitrogens is 4. The number of carbonyl (C=O) groups excluding carboxylic acids is 1. The second-order valence-electron chi connectivity index (χ2n) is 4.68. The van der Waals surface area contributed by atoms with Crippen molar-refractivity contribution in [2.75, 3.05) is 11.9 Å². The molecule has 2 aromatic rings. The average molecular weight is 261 g/mol. The fraction of sp³-hybridized carbons (Fsp3) is 0.500. The highest BCUT2D eigenvalue weighted by Gasteiger charge is 2.24. The highest BCUT2D eigenvalue weighted by atomic mass is 16.5. The normalized spacial score (nSPS) is 18.9. The van der Waals surface area contributed by atoms with Crippen molar-refractivity contribution < 1.29 is 9.53 Å². The van der Waals surface area contributed by atoms with Crippen LogP contribution >= 0.6 is 0 Å². The first-order chi connectivity index (χ1) is 9.13. The van der Waals surface area contributed by atoms with Gasteiger partial charge in [0.1, 0.15) is 6.10 Å². The van der Waals surface area contributed by atoms with Gasteiger partial charge in [0.05, 0.1) is 0 Å². The number of amides is 1. The van der Waals surface area contributed by atoms with Crippen molar-refractivity contribution in [3.05, 3.63) is 17.5 Å². The van der Waals surface area contributed by atoms with Crippen molar-refractivity contribution in [1.82, 2.24) is 19.6 Å². The van der Waals surface area contributed by atoms with Crippen molar-refractivity contribution in [3.63, 3.8) is 0 Å². The summed E-state index contributed by atoms with van der Waals surface area (Å²) >= 11 is 0. The third kappa shape index (κ3) is 2.28. The van der Waals surface area contributed by atoms with Crippen LogP contribution in [0.2, 0.25) is 0 Å². The molecule has 1 fully saturated rings. The Morgan fingerprint density at radius 1 is 1.47 bits per heavy atom. The van der Waals surface area contributed by atoms with Crippen LogP contribution in [0.4, 0.5) is 5.95 Å². The van der Waals surface area contributed by atoms with Gasteiger partial charge in [-0.25, -0.2) is 4.98 Å². The first-order valence-electron chi connectivity index (χ1n) is 6.27. The van der Waals surface area contributed by atoms with Gasteiger partial charge in [-0.2, -0.15) is 9.50 Å². The Morgan fingerprint density at radius 2 is 2.32 bits per heavy atom. The quantitative estimate of drug-likeness (QED) is 0.867. The average Bonchev–Trinajstić information content (AvgIpc) is 2.96. The van der Waals surface area contributed by atoms with Gasteiger partial charge in [-0.05, 0) is 32.8 Å². The second-order valence-corrected chi connectivity index (χ2v) is 4.68. The van der Waals surface area contributed by atoms with E-state index in [-0.39, 0.29) is 18.0 Å². The van der Waals surface area contributed by atoms with Gasteiger partial charge < -0.3 is 4.74 Å². The van der Waals surface area contributed by atoms with Crippen LogP contribution in [0.5, 0.6) is 0 Å². The fourth-order valence-electron chi connectivity index (χ4n) is 2.19. The maximum Gasteiger partial charge on any atom is 0.255 e. The van der Waals surface area contributed by atoms with E-state index in [1.807, 2.05) is 19.9 Å². The molecule has 1 aliphatic rings. The van der Waals surface area contributed by atoms with Crippen LogP contribution < -0.4 is 5.32 Å². The van der Waals surface area contributed by atoms with Crippen LogP contribution in [-0.2, 0) is 9.53 Å². The summed E-state index contributed by atoms with van der Waals surface area (Å²) in [4.78, 5) is 20.4. The summed E-state index contributed by atoms with van der Waals surface area (Å²) < 4.78 is 6.92. The molecule has 2 aromatic heterocycles. The van der Waals surface area contributed by atoms with Crippen LogP contribution in [0, 0.1) is 13.8 Å². The Bertz CT molecular complexity index is 630. The Balaban J connectivity index is 1.85. The fourth-order valence-corrected chi connectivity index (χ4v) is 2.19. The van der Waals surface area contributed by atoms with Crippen molar-refractivity contribution in [2.24, 2.45) is 0 Å². The first kappa shape index (κ1) is 12.0. The maximum absolute atomic E-state index is 11.9. The van der Waals surface area contributed by atoms with Gasteiger partial charge in [0.2, 0.25) is 0 Å². The highest BCUT2D eigenvalue weighted by molar-refractivity contribution is 5.92. The largest absolute Gasteiger partial charge is 0.368 e. The van der Waals surface area contributed by atoms with Crippen LogP contribution in [0.3, 0.4) is 0 Å². The van der Waals surface area contributed by atoms with E-state index in [4.69, 9.17) is 4.74 Å². The summed E-state index contributed by atoms with van der Waals surface area (Å²) in [7, 11) is 0. The SMILES string of the molecule is Cc1cc(C)n2nc(NC(=O)C3CCCO3)nc2n1. The highest BCUT2D eigenvalue weighted by Crippen LogP contribution is 2.14. The molecule has 0 radical (unpaired) electrons. The summed E-state index contributed by atoms with van der Waals surface area (Å²) in [5.74, 6) is 0.560. The number of aryl methyl sites for hydroxylation is 2. The van der Waals surface area contributed by atoms with E-state index in [9.17, 15) is 4.79 Å². The first-order valence-corrected chi connectivity index (χ1v) is 6.27. The molecule has 0 aliphatic carbocycles. The summed E-state index contributed by atoms with van der Waals surface area (Å²) in [5, 5.41) is 6.89. The minimum atomic E-state index is -0.387. The maximum atomic E-state index is 11.9. The molecule has 0 aromatic carbocycles. The van der Waals surface area contributed by atoms with Crippen LogP contribution in [0.25, 0.3) is 5.78 Å². The Morgan fingerprint density at radius 3 is 3.05 bits per heavy atom. The summed E-state index contributed by atoms with van der Waals surface area (Å²) in [5.41, 5.74) is 1.79. The van der Waals surface area contributed by atoms with E-state index in [2.05, 4.69) is 20.4 Å². The number of rotatable bonds is 2. The topological polar surface area (TPSA) is 81.4 Å². The number of anilines is 1. The monoisotopic (exact) mass is 261 g/mol. The molecule has 1 saturated heterocycles. The lowest BCUT2D eigenvalue weighted by Crippen LogP contribution is -2.27. The molecular formula is C12H15N5O2. The third-order valence-corrected chi connectivity index (χ3v) is 3.08. The molecule has 19 heavy (non-hydrogen) atoms. The van der Waals surface area contributed by atoms with Gasteiger partial charge in [0.15, 0.2) is 0 Å². The summed E-state index contributed by atoms with van der Waals surface area (Å²) in [6.45, 7) is 4.45. The second kappa shape index (κ2) is 4.58. The van der Waals surface area contributed by atoms with Crippen molar-refractivity contribution in [1.29, 1.82) is 0 Å². The zero-order chi connectivity index (χ0) is 13.4. The standard InChI is InChI=1S/C12H15N5O2/c1-7-6-8(2)17-12(13-7)15-11(16-17)14-10(18)9-4-3-5-19-9/h6,9H,3-5H2,1-2H3,(H,14,16,18). The van der Waals surface area contributed by atoms with Crippen LogP contribution in [0.1, 0.15) is 24.2 Å².